The number of hydrogen-bond acceptors (Lipinski definition) is 0. The Balaban J connectivity index is 2.83. The maximum Gasteiger partial charge on any atom is 0.0408 e. The van der Waals surface area contributed by atoms with Crippen LogP contribution in [0.4, 0.5) is 0 Å². The van der Waals surface area contributed by atoms with Crippen molar-refractivity contribution < 1.29 is 0 Å². The van der Waals surface area contributed by atoms with E-state index in [2.05, 4.69) is 29.8 Å². The first-order valence-corrected chi connectivity index (χ1v) is 3.60. The Morgan fingerprint density at radius 2 is 2.00 bits per heavy atom. The number of hydrogen-bond donors (Lipinski definition) is 0. The van der Waals surface area contributed by atoms with Crippen LogP contribution in [-0.2, 0) is 0 Å². The van der Waals surface area contributed by atoms with Crippen LogP contribution in [0.3, 0.4) is 0 Å². The van der Waals surface area contributed by atoms with Gasteiger partial charge in [-0.1, -0.05) is 36.2 Å². The molecule has 0 rings (SSSR count). The van der Waals surface area contributed by atoms with Crippen molar-refractivity contribution in [3.05, 3.63) is 4.83 Å². The third-order valence-electron chi connectivity index (χ3n) is 0.905. The summed E-state index contributed by atoms with van der Waals surface area (Å²) in [6.07, 6.45) is 3.67. The molecule has 0 aromatic carbocycles. The van der Waals surface area contributed by atoms with E-state index in [1.54, 1.807) is 0 Å². The van der Waals surface area contributed by atoms with Gasteiger partial charge in [0.1, 0.15) is 0 Å². The summed E-state index contributed by atoms with van der Waals surface area (Å²) in [6.45, 7) is 4.36. The summed E-state index contributed by atoms with van der Waals surface area (Å²) < 4.78 is 0. The fourth-order valence-corrected chi connectivity index (χ4v) is 0.845. The van der Waals surface area contributed by atoms with E-state index in [-0.39, 0.29) is 0 Å². The first-order valence-electron chi connectivity index (χ1n) is 2.81. The summed E-state index contributed by atoms with van der Waals surface area (Å²) >= 11 is 3.45. The predicted octanol–water partition coefficient (Wildman–Crippen LogP) is 3.12. The maximum atomic E-state index is 3.45. The van der Waals surface area contributed by atoms with Crippen molar-refractivity contribution in [1.29, 1.82) is 0 Å². The Bertz CT molecular complexity index is 35.2. The lowest BCUT2D eigenvalue weighted by molar-refractivity contribution is 0.833. The highest BCUT2D eigenvalue weighted by molar-refractivity contribution is 9.11. The van der Waals surface area contributed by atoms with Crippen LogP contribution in [0.5, 0.6) is 0 Å². The van der Waals surface area contributed by atoms with Gasteiger partial charge in [0.25, 0.3) is 0 Å². The monoisotopic (exact) mass is 163 g/mol. The van der Waals surface area contributed by atoms with Crippen molar-refractivity contribution in [2.45, 2.75) is 33.1 Å². The number of halogens is 1. The van der Waals surface area contributed by atoms with E-state index in [4.69, 9.17) is 0 Å². The van der Waals surface area contributed by atoms with E-state index in [1.165, 1.54) is 24.1 Å². The average Bonchev–Trinajstić information content (AvgIpc) is 1.68. The fraction of sp³-hybridized carbons (Fsp3) is 0.833. The molecule has 43 valence electrons. The van der Waals surface area contributed by atoms with Crippen molar-refractivity contribution in [2.75, 3.05) is 0 Å². The van der Waals surface area contributed by atoms with Crippen LogP contribution in [-0.4, -0.2) is 0 Å². The zero-order valence-corrected chi connectivity index (χ0v) is 6.59. The minimum absolute atomic E-state index is 1.17. The molecule has 0 aromatic rings. The molecule has 0 aliphatic heterocycles. The minimum Gasteiger partial charge on any atom is -0.0838 e. The van der Waals surface area contributed by atoms with Gasteiger partial charge < -0.3 is 0 Å². The third kappa shape index (κ3) is 4.33. The molecule has 0 atom stereocenters. The Morgan fingerprint density at radius 3 is 2.14 bits per heavy atom. The van der Waals surface area contributed by atoms with Gasteiger partial charge in [0.05, 0.1) is 0 Å². The van der Waals surface area contributed by atoms with Gasteiger partial charge in [-0.15, -0.1) is 0 Å². The van der Waals surface area contributed by atoms with Crippen molar-refractivity contribution >= 4 is 15.9 Å². The van der Waals surface area contributed by atoms with Crippen molar-refractivity contribution in [2.24, 2.45) is 0 Å². The second kappa shape index (κ2) is 4.63. The van der Waals surface area contributed by atoms with E-state index in [1.807, 2.05) is 0 Å². The van der Waals surface area contributed by atoms with E-state index in [0.29, 0.717) is 0 Å². The molecule has 1 heteroatoms. The van der Waals surface area contributed by atoms with Crippen molar-refractivity contribution in [1.82, 2.24) is 0 Å². The fourth-order valence-electron chi connectivity index (χ4n) is 0.448. The smallest absolute Gasteiger partial charge is 0.0408 e. The van der Waals surface area contributed by atoms with Gasteiger partial charge in [0, 0.05) is 4.83 Å². The molecule has 0 fully saturated rings. The van der Waals surface area contributed by atoms with Gasteiger partial charge >= 0.3 is 0 Å². The average molecular weight is 164 g/mol. The highest BCUT2D eigenvalue weighted by atomic mass is 79.9. The molecule has 0 aromatic heterocycles. The predicted molar refractivity (Wildman–Crippen MR) is 37.4 cm³/mol. The zero-order chi connectivity index (χ0) is 5.70. The van der Waals surface area contributed by atoms with Gasteiger partial charge in [0.15, 0.2) is 0 Å². The van der Waals surface area contributed by atoms with Gasteiger partial charge in [-0.25, -0.2) is 0 Å². The van der Waals surface area contributed by atoms with Crippen LogP contribution in [0.25, 0.3) is 0 Å². The van der Waals surface area contributed by atoms with Gasteiger partial charge in [-0.2, -0.15) is 0 Å². The molecule has 0 heterocycles. The summed E-state index contributed by atoms with van der Waals surface area (Å²) in [5.74, 6) is 0. The highest BCUT2D eigenvalue weighted by Crippen LogP contribution is 2.19. The first kappa shape index (κ1) is 7.48. The standard InChI is InChI=1S/C6H12Br/c1-3-5-6(7)4-2/h3-5H2,1-2H3. The van der Waals surface area contributed by atoms with E-state index >= 15 is 0 Å². The van der Waals surface area contributed by atoms with Crippen molar-refractivity contribution in [3.63, 3.8) is 0 Å². The second-order valence-electron chi connectivity index (χ2n) is 1.62. The molecule has 0 spiro atoms. The van der Waals surface area contributed by atoms with Crippen molar-refractivity contribution in [3.8, 4) is 0 Å². The third-order valence-corrected chi connectivity index (χ3v) is 1.86. The Labute approximate surface area is 54.4 Å². The lowest BCUT2D eigenvalue weighted by Gasteiger charge is -1.99. The Morgan fingerprint density at radius 1 is 1.43 bits per heavy atom. The summed E-state index contributed by atoms with van der Waals surface area (Å²) in [7, 11) is 0. The van der Waals surface area contributed by atoms with Crippen LogP contribution in [0, 0.1) is 4.83 Å². The van der Waals surface area contributed by atoms with Crippen LogP contribution >= 0.6 is 15.9 Å². The quantitative estimate of drug-likeness (QED) is 0.601. The largest absolute Gasteiger partial charge is 0.0838 e. The van der Waals surface area contributed by atoms with Crippen LogP contribution in [0.2, 0.25) is 0 Å². The molecule has 0 aliphatic carbocycles. The van der Waals surface area contributed by atoms with E-state index < -0.39 is 0 Å². The summed E-state index contributed by atoms with van der Waals surface area (Å²) in [5.41, 5.74) is 0. The van der Waals surface area contributed by atoms with E-state index in [0.717, 1.165) is 0 Å². The van der Waals surface area contributed by atoms with Crippen LogP contribution < -0.4 is 0 Å². The van der Waals surface area contributed by atoms with Crippen LogP contribution in [0.1, 0.15) is 33.1 Å². The lowest BCUT2D eigenvalue weighted by Crippen LogP contribution is -1.80. The Kier molecular flexibility index (Phi) is 4.95. The minimum atomic E-state index is 1.17. The molecule has 0 aliphatic rings. The van der Waals surface area contributed by atoms with Crippen LogP contribution in [0.15, 0.2) is 0 Å². The lowest BCUT2D eigenvalue weighted by atomic mass is 10.2. The Hall–Kier alpha value is 0.480. The molecular weight excluding hydrogens is 152 g/mol. The SMILES string of the molecule is CCC[C](Br)CC. The molecule has 0 bridgehead atoms. The second-order valence-corrected chi connectivity index (χ2v) is 2.74. The normalized spacial score (nSPS) is 10.3. The molecule has 7 heavy (non-hydrogen) atoms. The molecular formula is C6H12Br. The summed E-state index contributed by atoms with van der Waals surface area (Å²) in [4.78, 5) is 1.44. The van der Waals surface area contributed by atoms with E-state index in [9.17, 15) is 0 Å². The summed E-state index contributed by atoms with van der Waals surface area (Å²) in [5, 5.41) is 0. The van der Waals surface area contributed by atoms with Gasteiger partial charge in [0.2, 0.25) is 0 Å². The molecule has 0 N–H and O–H groups in total. The molecule has 0 unspecified atom stereocenters. The van der Waals surface area contributed by atoms with Gasteiger partial charge in [-0.05, 0) is 12.8 Å². The van der Waals surface area contributed by atoms with Gasteiger partial charge in [-0.3, -0.25) is 0 Å². The summed E-state index contributed by atoms with van der Waals surface area (Å²) in [6, 6.07) is 0. The molecule has 0 nitrogen and oxygen atoms in total. The first-order chi connectivity index (χ1) is 3.31. The highest BCUT2D eigenvalue weighted by Gasteiger charge is 1.96. The molecule has 0 amide bonds. The maximum absolute atomic E-state index is 3.45. The number of rotatable bonds is 3. The molecule has 1 radical (unpaired) electrons. The molecule has 0 saturated heterocycles. The molecule has 0 saturated carbocycles. The topological polar surface area (TPSA) is 0 Å². The zero-order valence-electron chi connectivity index (χ0n) is 5.00.